The molecule has 2 heterocycles. The molecule has 8 nitrogen and oxygen atoms in total. The maximum atomic E-state index is 14.0. The van der Waals surface area contributed by atoms with E-state index in [-0.39, 0.29) is 48.4 Å². The number of carbonyl (C=O) groups is 2. The Balaban J connectivity index is 1.73. The molecule has 0 unspecified atom stereocenters. The maximum absolute atomic E-state index is 14.0. The van der Waals surface area contributed by atoms with Gasteiger partial charge in [-0.05, 0) is 11.6 Å². The molecular formula is C26H25F2N3O5. The lowest BCUT2D eigenvalue weighted by atomic mass is 10.1. The fourth-order valence-electron chi connectivity index (χ4n) is 4.06. The van der Waals surface area contributed by atoms with Crippen LogP contribution in [0.1, 0.15) is 38.0 Å². The lowest BCUT2D eigenvalue weighted by Gasteiger charge is -2.34. The van der Waals surface area contributed by atoms with E-state index in [4.69, 9.17) is 9.47 Å². The number of hydrogen-bond donors (Lipinski definition) is 1. The van der Waals surface area contributed by atoms with Crippen LogP contribution in [0, 0.1) is 11.6 Å². The van der Waals surface area contributed by atoms with Gasteiger partial charge >= 0.3 is 0 Å². The lowest BCUT2D eigenvalue weighted by Crippen LogP contribution is -2.45. The third kappa shape index (κ3) is 5.13. The molecule has 0 saturated heterocycles. The predicted octanol–water partition coefficient (Wildman–Crippen LogP) is 2.91. The van der Waals surface area contributed by atoms with Crippen LogP contribution < -0.4 is 15.5 Å². The molecule has 2 aromatic carbocycles. The third-order valence-electron chi connectivity index (χ3n) is 5.90. The summed E-state index contributed by atoms with van der Waals surface area (Å²) < 4.78 is 39.9. The zero-order chi connectivity index (χ0) is 25.8. The summed E-state index contributed by atoms with van der Waals surface area (Å²) in [6.07, 6.45) is 1.30. The molecule has 1 atom stereocenters. The van der Waals surface area contributed by atoms with Gasteiger partial charge in [0.05, 0.1) is 12.6 Å². The number of methoxy groups -OCH3 is 1. The van der Waals surface area contributed by atoms with E-state index in [2.05, 4.69) is 5.32 Å². The van der Waals surface area contributed by atoms with Gasteiger partial charge in [0, 0.05) is 45.1 Å². The fraction of sp³-hybridized carbons (Fsp3) is 0.269. The molecule has 188 valence electrons. The first kappa shape index (κ1) is 25.1. The highest BCUT2D eigenvalue weighted by Gasteiger charge is 2.35. The van der Waals surface area contributed by atoms with Gasteiger partial charge in [-0.2, -0.15) is 0 Å². The number of benzene rings is 2. The van der Waals surface area contributed by atoms with Crippen LogP contribution in [-0.4, -0.2) is 48.6 Å². The largest absolute Gasteiger partial charge is 0.483 e. The van der Waals surface area contributed by atoms with Crippen molar-refractivity contribution in [1.29, 1.82) is 0 Å². The molecule has 2 amide bonds. The van der Waals surface area contributed by atoms with Crippen LogP contribution in [0.5, 0.6) is 5.75 Å². The van der Waals surface area contributed by atoms with E-state index in [1.807, 2.05) is 18.2 Å². The van der Waals surface area contributed by atoms with Crippen LogP contribution in [0.2, 0.25) is 0 Å². The molecule has 0 aliphatic carbocycles. The smallest absolute Gasteiger partial charge is 0.274 e. The van der Waals surface area contributed by atoms with Crippen molar-refractivity contribution in [3.63, 3.8) is 0 Å². The van der Waals surface area contributed by atoms with E-state index in [9.17, 15) is 23.2 Å². The van der Waals surface area contributed by atoms with E-state index < -0.39 is 28.9 Å². The van der Waals surface area contributed by atoms with Crippen LogP contribution in [0.3, 0.4) is 0 Å². The molecule has 0 bridgehead atoms. The van der Waals surface area contributed by atoms with Crippen LogP contribution in [-0.2, 0) is 17.9 Å². The minimum atomic E-state index is -0.821. The molecule has 1 aromatic heterocycles. The Bertz CT molecular complexity index is 1340. The summed E-state index contributed by atoms with van der Waals surface area (Å²) in [7, 11) is 3.12. The molecule has 1 aliphatic rings. The van der Waals surface area contributed by atoms with Crippen LogP contribution in [0.25, 0.3) is 0 Å². The van der Waals surface area contributed by atoms with Crippen molar-refractivity contribution in [2.24, 2.45) is 0 Å². The zero-order valence-electron chi connectivity index (χ0n) is 19.8. The fourth-order valence-corrected chi connectivity index (χ4v) is 4.06. The maximum Gasteiger partial charge on any atom is 0.274 e. The summed E-state index contributed by atoms with van der Waals surface area (Å²) in [5.41, 5.74) is -0.204. The minimum Gasteiger partial charge on any atom is -0.483 e. The first-order valence-electron chi connectivity index (χ1n) is 11.2. The summed E-state index contributed by atoms with van der Waals surface area (Å²) >= 11 is 0. The highest BCUT2D eigenvalue weighted by Crippen LogP contribution is 2.27. The Kier molecular flexibility index (Phi) is 7.44. The van der Waals surface area contributed by atoms with Gasteiger partial charge in [-0.25, -0.2) is 8.78 Å². The molecule has 0 fully saturated rings. The topological polar surface area (TPSA) is 89.9 Å². The van der Waals surface area contributed by atoms with Gasteiger partial charge in [-0.3, -0.25) is 14.4 Å². The second kappa shape index (κ2) is 10.7. The number of hydrogen-bond acceptors (Lipinski definition) is 5. The Morgan fingerprint density at radius 2 is 1.89 bits per heavy atom. The Labute approximate surface area is 206 Å². The van der Waals surface area contributed by atoms with Crippen molar-refractivity contribution in [3.05, 3.63) is 99.0 Å². The van der Waals surface area contributed by atoms with Crippen LogP contribution >= 0.6 is 0 Å². The van der Waals surface area contributed by atoms with Crippen molar-refractivity contribution in [2.75, 3.05) is 27.3 Å². The Hall–Kier alpha value is -4.05. The number of nitrogens with zero attached hydrogens (tertiary/aromatic N) is 2. The molecule has 36 heavy (non-hydrogen) atoms. The van der Waals surface area contributed by atoms with E-state index in [1.54, 1.807) is 19.2 Å². The lowest BCUT2D eigenvalue weighted by molar-refractivity contribution is 0.0627. The van der Waals surface area contributed by atoms with Crippen LogP contribution in [0.15, 0.2) is 59.5 Å². The number of halogens is 2. The van der Waals surface area contributed by atoms with Gasteiger partial charge < -0.3 is 24.3 Å². The number of nitrogens with one attached hydrogen (secondary N) is 1. The van der Waals surface area contributed by atoms with Gasteiger partial charge in [0.25, 0.3) is 11.8 Å². The minimum absolute atomic E-state index is 0.000875. The second-order valence-corrected chi connectivity index (χ2v) is 8.44. The molecule has 0 spiro atoms. The number of rotatable bonds is 8. The molecular weight excluding hydrogens is 472 g/mol. The van der Waals surface area contributed by atoms with Gasteiger partial charge in [0.1, 0.15) is 23.8 Å². The van der Waals surface area contributed by atoms with Gasteiger partial charge in [0.15, 0.2) is 11.4 Å². The van der Waals surface area contributed by atoms with E-state index in [0.717, 1.165) is 11.6 Å². The molecule has 0 saturated carbocycles. The zero-order valence-corrected chi connectivity index (χ0v) is 19.8. The van der Waals surface area contributed by atoms with Gasteiger partial charge in [-0.15, -0.1) is 0 Å². The molecule has 10 heteroatoms. The van der Waals surface area contributed by atoms with E-state index >= 15 is 0 Å². The highest BCUT2D eigenvalue weighted by molar-refractivity contribution is 5.99. The predicted molar refractivity (Wildman–Crippen MR) is 127 cm³/mol. The summed E-state index contributed by atoms with van der Waals surface area (Å²) in [5.74, 6) is -3.03. The summed E-state index contributed by atoms with van der Waals surface area (Å²) in [6, 6.07) is 11.7. The van der Waals surface area contributed by atoms with Gasteiger partial charge in [-0.1, -0.05) is 36.4 Å². The van der Waals surface area contributed by atoms with Crippen molar-refractivity contribution < 1.29 is 27.8 Å². The molecule has 4 rings (SSSR count). The number of amides is 2. The van der Waals surface area contributed by atoms with Crippen molar-refractivity contribution >= 4 is 11.8 Å². The van der Waals surface area contributed by atoms with E-state index in [1.165, 1.54) is 28.8 Å². The van der Waals surface area contributed by atoms with Crippen molar-refractivity contribution in [3.8, 4) is 5.75 Å². The molecule has 1 N–H and O–H groups in total. The van der Waals surface area contributed by atoms with Crippen LogP contribution in [0.4, 0.5) is 8.78 Å². The number of carbonyl (C=O) groups excluding carboxylic acids is 2. The van der Waals surface area contributed by atoms with E-state index in [0.29, 0.717) is 12.6 Å². The average Bonchev–Trinajstić information content (AvgIpc) is 2.86. The highest BCUT2D eigenvalue weighted by atomic mass is 19.1. The number of aromatic nitrogens is 1. The quantitative estimate of drug-likeness (QED) is 0.517. The molecule has 3 aromatic rings. The van der Waals surface area contributed by atoms with Crippen molar-refractivity contribution in [1.82, 2.24) is 14.8 Å². The number of fused-ring (bicyclic) bond motifs is 1. The van der Waals surface area contributed by atoms with Gasteiger partial charge in [0.2, 0.25) is 5.43 Å². The standard InChI is InChI=1S/C26H25F2N3O5/c1-30-12-19(15-35-2)31-13-20(25(33)29-11-17-8-9-18(27)10-21(17)28)23(32)24(22(31)26(30)34)36-14-16-6-4-3-5-7-16/h3-10,13,19H,11-12,14-15H2,1-2H3,(H,29,33)/t19-/m1/s1. The molecule has 0 radical (unpaired) electrons. The third-order valence-corrected chi connectivity index (χ3v) is 5.90. The first-order chi connectivity index (χ1) is 17.3. The average molecular weight is 497 g/mol. The number of likely N-dealkylation sites (N-methyl/N-ethyl adjacent to an activating group) is 1. The normalized spacial score (nSPS) is 14.9. The summed E-state index contributed by atoms with van der Waals surface area (Å²) in [6.45, 7) is 0.242. The molecule has 1 aliphatic heterocycles. The monoisotopic (exact) mass is 497 g/mol. The van der Waals surface area contributed by atoms with Crippen molar-refractivity contribution in [2.45, 2.75) is 19.2 Å². The summed E-state index contributed by atoms with van der Waals surface area (Å²) in [4.78, 5) is 41.0. The second-order valence-electron chi connectivity index (χ2n) is 8.44. The number of ether oxygens (including phenoxy) is 2. The summed E-state index contributed by atoms with van der Waals surface area (Å²) in [5, 5.41) is 2.49. The first-order valence-corrected chi connectivity index (χ1v) is 11.2. The Morgan fingerprint density at radius 3 is 2.58 bits per heavy atom. The Morgan fingerprint density at radius 1 is 1.14 bits per heavy atom. The number of pyridine rings is 1. The SMILES string of the molecule is COC[C@H]1CN(C)C(=O)c2c(OCc3ccccc3)c(=O)c(C(=O)NCc3ccc(F)cc3F)cn21.